The molecule has 1 aromatic heterocycles. The predicted molar refractivity (Wildman–Crippen MR) is 138 cm³/mol. The van der Waals surface area contributed by atoms with E-state index in [-0.39, 0.29) is 11.6 Å². The zero-order valence-corrected chi connectivity index (χ0v) is 20.4. The van der Waals surface area contributed by atoms with E-state index in [1.165, 1.54) is 0 Å². The first kappa shape index (κ1) is 22.9. The van der Waals surface area contributed by atoms with E-state index >= 15 is 0 Å². The summed E-state index contributed by atoms with van der Waals surface area (Å²) in [6.45, 7) is 3.83. The molecule has 0 spiro atoms. The lowest BCUT2D eigenvalue weighted by molar-refractivity contribution is 0.240. The number of aromatic nitrogens is 2. The molecule has 0 saturated heterocycles. The Hall–Kier alpha value is -2.92. The lowest BCUT2D eigenvalue weighted by Crippen LogP contribution is -2.40. The number of halogens is 2. The van der Waals surface area contributed by atoms with Crippen LogP contribution in [0.5, 0.6) is 0 Å². The van der Waals surface area contributed by atoms with Gasteiger partial charge in [0.1, 0.15) is 5.82 Å². The van der Waals surface area contributed by atoms with Gasteiger partial charge in [0.15, 0.2) is 0 Å². The fourth-order valence-electron chi connectivity index (χ4n) is 4.77. The van der Waals surface area contributed by atoms with Crippen molar-refractivity contribution in [3.05, 3.63) is 133 Å². The first-order valence-electron chi connectivity index (χ1n) is 11.4. The Morgan fingerprint density at radius 3 is 2.06 bits per heavy atom. The van der Waals surface area contributed by atoms with Gasteiger partial charge in [0.2, 0.25) is 0 Å². The molecule has 3 aromatic carbocycles. The number of aryl methyl sites for hydroxylation is 1. The van der Waals surface area contributed by atoms with Crippen molar-refractivity contribution in [3.8, 4) is 0 Å². The van der Waals surface area contributed by atoms with Crippen LogP contribution in [0.4, 0.5) is 0 Å². The summed E-state index contributed by atoms with van der Waals surface area (Å²) in [5.41, 5.74) is 4.64. The average molecular weight is 490 g/mol. The minimum absolute atomic E-state index is 0.00941. The van der Waals surface area contributed by atoms with Crippen LogP contribution in [0.15, 0.2) is 83.7 Å². The third-order valence-electron chi connectivity index (χ3n) is 6.45. The molecule has 0 atom stereocenters. The Morgan fingerprint density at radius 2 is 1.47 bits per heavy atom. The largest absolute Gasteiger partial charge is 0.294 e. The number of hydrogen-bond acceptors (Lipinski definition) is 3. The van der Waals surface area contributed by atoms with E-state index in [4.69, 9.17) is 28.2 Å². The number of nitrogens with zero attached hydrogens (tertiary/aromatic N) is 3. The Balaban J connectivity index is 1.57. The van der Waals surface area contributed by atoms with E-state index in [2.05, 4.69) is 29.2 Å². The SMILES string of the molecule is Cc1nc2c(c(=O)n1C(c1ccccc1)c1ccccc1)CN(Cc1c(Cl)cccc1Cl)CC2. The van der Waals surface area contributed by atoms with E-state index < -0.39 is 0 Å². The standard InChI is InChI=1S/C28H25Cl2N3O/c1-19-31-26-15-16-32(17-22-24(29)13-8-14-25(22)30)18-23(26)28(34)33(19)27(20-9-4-2-5-10-20)21-11-6-3-7-12-21/h2-14,27H,15-18H2,1H3. The molecule has 0 amide bonds. The smallest absolute Gasteiger partial charge is 0.259 e. The average Bonchev–Trinajstić information content (AvgIpc) is 2.85. The summed E-state index contributed by atoms with van der Waals surface area (Å²) in [5, 5.41) is 1.29. The summed E-state index contributed by atoms with van der Waals surface area (Å²) in [6, 6.07) is 25.6. The Morgan fingerprint density at radius 1 is 0.882 bits per heavy atom. The second kappa shape index (κ2) is 9.75. The van der Waals surface area contributed by atoms with Crippen molar-refractivity contribution in [2.75, 3.05) is 6.54 Å². The molecule has 4 aromatic rings. The molecule has 6 heteroatoms. The van der Waals surface area contributed by atoms with E-state index in [0.29, 0.717) is 23.1 Å². The molecule has 0 N–H and O–H groups in total. The molecule has 1 aliphatic rings. The molecule has 4 nitrogen and oxygen atoms in total. The molecule has 5 rings (SSSR count). The monoisotopic (exact) mass is 489 g/mol. The lowest BCUT2D eigenvalue weighted by atomic mass is 9.97. The van der Waals surface area contributed by atoms with Crippen molar-refractivity contribution >= 4 is 23.2 Å². The van der Waals surface area contributed by atoms with Crippen molar-refractivity contribution in [2.45, 2.75) is 32.5 Å². The Labute approximate surface area is 209 Å². The molecule has 0 bridgehead atoms. The molecule has 0 radical (unpaired) electrons. The van der Waals surface area contributed by atoms with E-state index in [0.717, 1.165) is 46.7 Å². The van der Waals surface area contributed by atoms with Crippen LogP contribution in [0.2, 0.25) is 10.0 Å². The maximum atomic E-state index is 14.0. The number of fused-ring (bicyclic) bond motifs is 1. The number of rotatable bonds is 5. The molecule has 2 heterocycles. The zero-order valence-electron chi connectivity index (χ0n) is 18.9. The van der Waals surface area contributed by atoms with Gasteiger partial charge >= 0.3 is 0 Å². The summed E-state index contributed by atoms with van der Waals surface area (Å²) in [7, 11) is 0. The molecule has 34 heavy (non-hydrogen) atoms. The highest BCUT2D eigenvalue weighted by Gasteiger charge is 2.27. The summed E-state index contributed by atoms with van der Waals surface area (Å²) in [4.78, 5) is 21.1. The van der Waals surface area contributed by atoms with Crippen LogP contribution in [0.3, 0.4) is 0 Å². The van der Waals surface area contributed by atoms with Gasteiger partial charge in [0, 0.05) is 41.7 Å². The zero-order chi connectivity index (χ0) is 23.7. The molecule has 0 aliphatic carbocycles. The van der Waals surface area contributed by atoms with Crippen molar-refractivity contribution in [1.29, 1.82) is 0 Å². The van der Waals surface area contributed by atoms with Crippen LogP contribution in [0, 0.1) is 6.92 Å². The maximum absolute atomic E-state index is 14.0. The van der Waals surface area contributed by atoms with Crippen LogP contribution < -0.4 is 5.56 Å². The second-order valence-electron chi connectivity index (χ2n) is 8.64. The molecule has 0 saturated carbocycles. The van der Waals surface area contributed by atoms with Gasteiger partial charge in [0.05, 0.1) is 17.3 Å². The summed E-state index contributed by atoms with van der Waals surface area (Å²) in [6.07, 6.45) is 0.718. The van der Waals surface area contributed by atoms with Crippen molar-refractivity contribution in [1.82, 2.24) is 14.5 Å². The molecular formula is C28H25Cl2N3O. The molecule has 172 valence electrons. The summed E-state index contributed by atoms with van der Waals surface area (Å²) < 4.78 is 1.84. The molecule has 1 aliphatic heterocycles. The third kappa shape index (κ3) is 4.41. The highest BCUT2D eigenvalue weighted by Crippen LogP contribution is 2.29. The van der Waals surface area contributed by atoms with E-state index in [1.807, 2.05) is 66.1 Å². The number of benzene rings is 3. The number of hydrogen-bond donors (Lipinski definition) is 0. The van der Waals surface area contributed by atoms with Crippen LogP contribution >= 0.6 is 23.2 Å². The van der Waals surface area contributed by atoms with Gasteiger partial charge in [0.25, 0.3) is 5.56 Å². The summed E-state index contributed by atoms with van der Waals surface area (Å²) in [5.74, 6) is 0.726. The van der Waals surface area contributed by atoms with Crippen LogP contribution in [0.25, 0.3) is 0 Å². The lowest BCUT2D eigenvalue weighted by Gasteiger charge is -2.31. The van der Waals surface area contributed by atoms with Gasteiger partial charge in [-0.2, -0.15) is 0 Å². The highest BCUT2D eigenvalue weighted by molar-refractivity contribution is 6.35. The van der Waals surface area contributed by atoms with Crippen molar-refractivity contribution in [2.24, 2.45) is 0 Å². The normalized spacial score (nSPS) is 13.8. The van der Waals surface area contributed by atoms with Gasteiger partial charge in [-0.1, -0.05) is 89.9 Å². The predicted octanol–water partition coefficient (Wildman–Crippen LogP) is 6.05. The minimum Gasteiger partial charge on any atom is -0.294 e. The fraction of sp³-hybridized carbons (Fsp3) is 0.214. The summed E-state index contributed by atoms with van der Waals surface area (Å²) >= 11 is 12.8. The van der Waals surface area contributed by atoms with Gasteiger partial charge in [-0.25, -0.2) is 4.98 Å². The highest BCUT2D eigenvalue weighted by atomic mass is 35.5. The van der Waals surface area contributed by atoms with Crippen LogP contribution in [0.1, 0.15) is 39.8 Å². The minimum atomic E-state index is -0.249. The first-order valence-corrected chi connectivity index (χ1v) is 12.1. The second-order valence-corrected chi connectivity index (χ2v) is 9.46. The van der Waals surface area contributed by atoms with Crippen molar-refractivity contribution < 1.29 is 0 Å². The molecular weight excluding hydrogens is 465 g/mol. The van der Waals surface area contributed by atoms with Gasteiger partial charge in [-0.3, -0.25) is 14.3 Å². The van der Waals surface area contributed by atoms with Crippen molar-refractivity contribution in [3.63, 3.8) is 0 Å². The van der Waals surface area contributed by atoms with Gasteiger partial charge in [-0.15, -0.1) is 0 Å². The van der Waals surface area contributed by atoms with E-state index in [1.54, 1.807) is 0 Å². The topological polar surface area (TPSA) is 38.1 Å². The Kier molecular flexibility index (Phi) is 6.55. The van der Waals surface area contributed by atoms with Crippen LogP contribution in [-0.2, 0) is 19.5 Å². The van der Waals surface area contributed by atoms with Crippen LogP contribution in [-0.4, -0.2) is 21.0 Å². The Bertz CT molecular complexity index is 1310. The quantitative estimate of drug-likeness (QED) is 0.342. The fourth-order valence-corrected chi connectivity index (χ4v) is 5.29. The van der Waals surface area contributed by atoms with Gasteiger partial charge < -0.3 is 0 Å². The van der Waals surface area contributed by atoms with E-state index in [9.17, 15) is 4.79 Å². The molecule has 0 fully saturated rings. The first-order chi connectivity index (χ1) is 16.5. The maximum Gasteiger partial charge on any atom is 0.259 e. The third-order valence-corrected chi connectivity index (χ3v) is 7.16. The van der Waals surface area contributed by atoms with Gasteiger partial charge in [-0.05, 0) is 30.2 Å². The molecule has 0 unspecified atom stereocenters.